The molecule has 1 saturated heterocycles. The summed E-state index contributed by atoms with van der Waals surface area (Å²) >= 11 is 0. The summed E-state index contributed by atoms with van der Waals surface area (Å²) in [7, 11) is -3.22. The molecule has 3 rings (SSSR count). The minimum Gasteiger partial charge on any atom is -0.352 e. The number of anilines is 1. The molecule has 2 N–H and O–H groups in total. The quantitative estimate of drug-likeness (QED) is 0.731. The predicted octanol–water partition coefficient (Wildman–Crippen LogP) is 2.37. The van der Waals surface area contributed by atoms with Gasteiger partial charge in [-0.25, -0.2) is 17.1 Å². The number of sulfonamides is 1. The lowest BCUT2D eigenvalue weighted by molar-refractivity contribution is -0.126. The van der Waals surface area contributed by atoms with E-state index >= 15 is 0 Å². The number of rotatable bonds is 6. The number of hydrogen-bond acceptors (Lipinski definition) is 4. The molecule has 0 bridgehead atoms. The number of carbonyl (C=O) groups is 2. The van der Waals surface area contributed by atoms with Crippen LogP contribution in [0.2, 0.25) is 0 Å². The molecular formula is C21H24FN3O4S. The van der Waals surface area contributed by atoms with Gasteiger partial charge in [0, 0.05) is 36.8 Å². The van der Waals surface area contributed by atoms with Gasteiger partial charge in [-0.1, -0.05) is 12.1 Å². The number of nitrogens with one attached hydrogen (secondary N) is 2. The van der Waals surface area contributed by atoms with Gasteiger partial charge in [-0.05, 0) is 54.8 Å². The van der Waals surface area contributed by atoms with Crippen molar-refractivity contribution in [3.63, 3.8) is 0 Å². The van der Waals surface area contributed by atoms with Crippen molar-refractivity contribution in [3.8, 4) is 0 Å². The van der Waals surface area contributed by atoms with Crippen molar-refractivity contribution in [1.29, 1.82) is 0 Å². The fraction of sp³-hybridized carbons (Fsp3) is 0.333. The Kier molecular flexibility index (Phi) is 6.84. The second kappa shape index (κ2) is 9.36. The number of benzene rings is 2. The van der Waals surface area contributed by atoms with Crippen LogP contribution in [0, 0.1) is 11.7 Å². The monoisotopic (exact) mass is 433 g/mol. The van der Waals surface area contributed by atoms with Crippen LogP contribution in [0.1, 0.15) is 28.8 Å². The number of nitrogens with zero attached hydrogens (tertiary/aromatic N) is 1. The third-order valence-electron chi connectivity index (χ3n) is 5.05. The molecule has 0 saturated carbocycles. The Labute approximate surface area is 175 Å². The van der Waals surface area contributed by atoms with Gasteiger partial charge in [-0.3, -0.25) is 9.59 Å². The van der Waals surface area contributed by atoms with Crippen LogP contribution in [0.4, 0.5) is 10.1 Å². The second-order valence-corrected chi connectivity index (χ2v) is 9.30. The van der Waals surface area contributed by atoms with Gasteiger partial charge >= 0.3 is 0 Å². The SMILES string of the molecule is CS(=O)(=O)N1CCC(C(=O)NCc2cccc(NC(=O)c3ccc(F)cc3)c2)CC1. The number of amides is 2. The first-order valence-electron chi connectivity index (χ1n) is 9.61. The van der Waals surface area contributed by atoms with E-state index in [0.29, 0.717) is 43.7 Å². The average Bonchev–Trinajstić information content (AvgIpc) is 2.72. The largest absolute Gasteiger partial charge is 0.352 e. The van der Waals surface area contributed by atoms with Crippen molar-refractivity contribution >= 4 is 27.5 Å². The highest BCUT2D eigenvalue weighted by molar-refractivity contribution is 7.88. The summed E-state index contributed by atoms with van der Waals surface area (Å²) in [5.41, 5.74) is 1.72. The molecule has 2 amide bonds. The maximum absolute atomic E-state index is 13.0. The third kappa shape index (κ3) is 5.87. The van der Waals surface area contributed by atoms with E-state index in [1.165, 1.54) is 34.8 Å². The lowest BCUT2D eigenvalue weighted by Gasteiger charge is -2.29. The van der Waals surface area contributed by atoms with Gasteiger partial charge in [-0.2, -0.15) is 0 Å². The Morgan fingerprint density at radius 2 is 1.77 bits per heavy atom. The molecule has 2 aromatic carbocycles. The van der Waals surface area contributed by atoms with Crippen LogP contribution in [0.15, 0.2) is 48.5 Å². The highest BCUT2D eigenvalue weighted by Crippen LogP contribution is 2.20. The van der Waals surface area contributed by atoms with Crippen LogP contribution < -0.4 is 10.6 Å². The summed E-state index contributed by atoms with van der Waals surface area (Å²) < 4.78 is 37.5. The molecule has 0 aliphatic carbocycles. The summed E-state index contributed by atoms with van der Waals surface area (Å²) in [6.45, 7) is 0.995. The highest BCUT2D eigenvalue weighted by Gasteiger charge is 2.28. The van der Waals surface area contributed by atoms with Crippen LogP contribution >= 0.6 is 0 Å². The summed E-state index contributed by atoms with van der Waals surface area (Å²) in [6, 6.07) is 12.4. The number of halogens is 1. The van der Waals surface area contributed by atoms with E-state index in [0.717, 1.165) is 5.56 Å². The number of piperidine rings is 1. The first-order valence-corrected chi connectivity index (χ1v) is 11.5. The summed E-state index contributed by atoms with van der Waals surface area (Å²) in [5.74, 6) is -1.09. The topological polar surface area (TPSA) is 95.6 Å². The number of carbonyl (C=O) groups excluding carboxylic acids is 2. The maximum Gasteiger partial charge on any atom is 0.255 e. The molecule has 30 heavy (non-hydrogen) atoms. The minimum atomic E-state index is -3.22. The molecule has 0 aromatic heterocycles. The Bertz CT molecular complexity index is 1020. The minimum absolute atomic E-state index is 0.107. The van der Waals surface area contributed by atoms with Crippen molar-refractivity contribution in [2.24, 2.45) is 5.92 Å². The highest BCUT2D eigenvalue weighted by atomic mass is 32.2. The van der Waals surface area contributed by atoms with Crippen LogP contribution in [-0.4, -0.2) is 43.9 Å². The molecule has 1 fully saturated rings. The van der Waals surface area contributed by atoms with Gasteiger partial charge in [0.2, 0.25) is 15.9 Å². The maximum atomic E-state index is 13.0. The van der Waals surface area contributed by atoms with E-state index in [-0.39, 0.29) is 17.7 Å². The van der Waals surface area contributed by atoms with Gasteiger partial charge in [0.05, 0.1) is 6.26 Å². The fourth-order valence-corrected chi connectivity index (χ4v) is 4.22. The van der Waals surface area contributed by atoms with E-state index in [1.54, 1.807) is 18.2 Å². The summed E-state index contributed by atoms with van der Waals surface area (Å²) in [6.07, 6.45) is 2.16. The molecule has 7 nitrogen and oxygen atoms in total. The van der Waals surface area contributed by atoms with E-state index in [2.05, 4.69) is 10.6 Å². The molecule has 1 aliphatic heterocycles. The van der Waals surface area contributed by atoms with Gasteiger partial charge < -0.3 is 10.6 Å². The Morgan fingerprint density at radius 3 is 2.40 bits per heavy atom. The molecule has 0 radical (unpaired) electrons. The second-order valence-electron chi connectivity index (χ2n) is 7.32. The standard InChI is InChI=1S/C21H24FN3O4S/c1-30(28,29)25-11-9-17(10-12-25)20(26)23-14-15-3-2-4-19(13-15)24-21(27)16-5-7-18(22)8-6-16/h2-8,13,17H,9-12,14H2,1H3,(H,23,26)(H,24,27). The Hall–Kier alpha value is -2.78. The first-order chi connectivity index (χ1) is 14.2. The van der Waals surface area contributed by atoms with Crippen LogP contribution in [-0.2, 0) is 21.4 Å². The molecule has 1 heterocycles. The lowest BCUT2D eigenvalue weighted by atomic mass is 9.97. The van der Waals surface area contributed by atoms with Crippen LogP contribution in [0.25, 0.3) is 0 Å². The smallest absolute Gasteiger partial charge is 0.255 e. The van der Waals surface area contributed by atoms with Gasteiger partial charge in [0.15, 0.2) is 0 Å². The van der Waals surface area contributed by atoms with Gasteiger partial charge in [0.1, 0.15) is 5.82 Å². The van der Waals surface area contributed by atoms with Crippen molar-refractivity contribution in [2.45, 2.75) is 19.4 Å². The fourth-order valence-electron chi connectivity index (χ4n) is 3.35. The van der Waals surface area contributed by atoms with Gasteiger partial charge in [-0.15, -0.1) is 0 Å². The van der Waals surface area contributed by atoms with E-state index in [9.17, 15) is 22.4 Å². The molecule has 2 aromatic rings. The molecule has 9 heteroatoms. The summed E-state index contributed by atoms with van der Waals surface area (Å²) in [4.78, 5) is 24.7. The third-order valence-corrected chi connectivity index (χ3v) is 6.35. The van der Waals surface area contributed by atoms with Crippen molar-refractivity contribution < 1.29 is 22.4 Å². The van der Waals surface area contributed by atoms with E-state index in [1.807, 2.05) is 6.07 Å². The average molecular weight is 434 g/mol. The number of hydrogen-bond donors (Lipinski definition) is 2. The normalized spacial score (nSPS) is 15.5. The first kappa shape index (κ1) is 21.9. The molecule has 0 atom stereocenters. The molecule has 1 aliphatic rings. The van der Waals surface area contributed by atoms with Crippen LogP contribution in [0.5, 0.6) is 0 Å². The molecule has 160 valence electrons. The predicted molar refractivity (Wildman–Crippen MR) is 112 cm³/mol. The lowest BCUT2D eigenvalue weighted by Crippen LogP contribution is -2.42. The van der Waals surface area contributed by atoms with Crippen molar-refractivity contribution in [2.75, 3.05) is 24.7 Å². The van der Waals surface area contributed by atoms with Crippen molar-refractivity contribution in [3.05, 3.63) is 65.5 Å². The zero-order chi connectivity index (χ0) is 21.7. The molecular weight excluding hydrogens is 409 g/mol. The van der Waals surface area contributed by atoms with E-state index < -0.39 is 15.8 Å². The van der Waals surface area contributed by atoms with E-state index in [4.69, 9.17) is 0 Å². The van der Waals surface area contributed by atoms with Crippen molar-refractivity contribution in [1.82, 2.24) is 9.62 Å². The van der Waals surface area contributed by atoms with Gasteiger partial charge in [0.25, 0.3) is 5.91 Å². The summed E-state index contributed by atoms with van der Waals surface area (Å²) in [5, 5.41) is 5.63. The Balaban J connectivity index is 1.52. The van der Waals surface area contributed by atoms with Crippen LogP contribution in [0.3, 0.4) is 0 Å². The zero-order valence-corrected chi connectivity index (χ0v) is 17.4. The molecule has 0 spiro atoms. The Morgan fingerprint density at radius 1 is 1.10 bits per heavy atom. The molecule has 0 unspecified atom stereocenters. The zero-order valence-electron chi connectivity index (χ0n) is 16.6.